The highest BCUT2D eigenvalue weighted by Gasteiger charge is 2.15. The van der Waals surface area contributed by atoms with Gasteiger partial charge in [-0.25, -0.2) is 4.79 Å². The first kappa shape index (κ1) is 14.9. The first-order chi connectivity index (χ1) is 10.1. The van der Waals surface area contributed by atoms with Crippen molar-refractivity contribution in [1.29, 1.82) is 0 Å². The molecule has 1 unspecified atom stereocenters. The van der Waals surface area contributed by atoms with Gasteiger partial charge in [0.25, 0.3) is 0 Å². The number of hydrogen-bond acceptors (Lipinski definition) is 4. The molecule has 0 saturated carbocycles. The van der Waals surface area contributed by atoms with Gasteiger partial charge in [0.15, 0.2) is 0 Å². The van der Waals surface area contributed by atoms with Crippen LogP contribution < -0.4 is 9.47 Å². The minimum Gasteiger partial charge on any atom is -0.497 e. The molecule has 1 atom stereocenters. The molecule has 0 radical (unpaired) electrons. The van der Waals surface area contributed by atoms with Crippen LogP contribution in [0.15, 0.2) is 48.5 Å². The highest BCUT2D eigenvalue weighted by molar-refractivity contribution is 5.90. The number of esters is 1. The van der Waals surface area contributed by atoms with Crippen LogP contribution in [-0.4, -0.2) is 20.2 Å². The number of carbonyl (C=O) groups is 1. The molecule has 0 fully saturated rings. The zero-order valence-corrected chi connectivity index (χ0v) is 12.3. The smallest absolute Gasteiger partial charge is 0.339 e. The van der Waals surface area contributed by atoms with E-state index >= 15 is 0 Å². The SMILES string of the molecule is COc1cc(OC)cc(C(=O)OC(C)c2ccccc2)c1. The molecule has 2 aromatic rings. The van der Waals surface area contributed by atoms with Crippen LogP contribution in [0.4, 0.5) is 0 Å². The summed E-state index contributed by atoms with van der Waals surface area (Å²) in [6.45, 7) is 1.84. The molecule has 0 amide bonds. The summed E-state index contributed by atoms with van der Waals surface area (Å²) in [6.07, 6.45) is -0.323. The summed E-state index contributed by atoms with van der Waals surface area (Å²) in [7, 11) is 3.08. The van der Waals surface area contributed by atoms with Crippen LogP contribution in [0.25, 0.3) is 0 Å². The number of benzene rings is 2. The number of hydrogen-bond donors (Lipinski definition) is 0. The molecular formula is C17H18O4. The van der Waals surface area contributed by atoms with Crippen LogP contribution in [0.5, 0.6) is 11.5 Å². The monoisotopic (exact) mass is 286 g/mol. The summed E-state index contributed by atoms with van der Waals surface area (Å²) in [4.78, 5) is 12.2. The minimum atomic E-state index is -0.413. The molecule has 0 bridgehead atoms. The Labute approximate surface area is 124 Å². The van der Waals surface area contributed by atoms with Crippen molar-refractivity contribution in [2.75, 3.05) is 14.2 Å². The van der Waals surface area contributed by atoms with E-state index in [4.69, 9.17) is 14.2 Å². The predicted molar refractivity (Wildman–Crippen MR) is 79.8 cm³/mol. The maximum absolute atomic E-state index is 12.2. The van der Waals surface area contributed by atoms with Crippen molar-refractivity contribution >= 4 is 5.97 Å². The normalized spacial score (nSPS) is 11.6. The average molecular weight is 286 g/mol. The van der Waals surface area contributed by atoms with Crippen LogP contribution in [0.2, 0.25) is 0 Å². The Hall–Kier alpha value is -2.49. The van der Waals surface area contributed by atoms with Crippen molar-refractivity contribution in [3.63, 3.8) is 0 Å². The number of methoxy groups -OCH3 is 2. The largest absolute Gasteiger partial charge is 0.497 e. The quantitative estimate of drug-likeness (QED) is 0.787. The third-order valence-electron chi connectivity index (χ3n) is 3.14. The van der Waals surface area contributed by atoms with Gasteiger partial charge in [0.05, 0.1) is 19.8 Å². The van der Waals surface area contributed by atoms with E-state index in [1.807, 2.05) is 37.3 Å². The van der Waals surface area contributed by atoms with Gasteiger partial charge in [0, 0.05) is 6.07 Å². The summed E-state index contributed by atoms with van der Waals surface area (Å²) >= 11 is 0. The molecule has 110 valence electrons. The van der Waals surface area contributed by atoms with Gasteiger partial charge in [-0.2, -0.15) is 0 Å². The highest BCUT2D eigenvalue weighted by atomic mass is 16.5. The van der Waals surface area contributed by atoms with E-state index in [-0.39, 0.29) is 6.10 Å². The van der Waals surface area contributed by atoms with E-state index < -0.39 is 5.97 Å². The minimum absolute atomic E-state index is 0.323. The molecule has 4 nitrogen and oxygen atoms in total. The Morgan fingerprint density at radius 1 is 0.952 bits per heavy atom. The van der Waals surface area contributed by atoms with Gasteiger partial charge >= 0.3 is 5.97 Å². The fraction of sp³-hybridized carbons (Fsp3) is 0.235. The van der Waals surface area contributed by atoms with Crippen molar-refractivity contribution in [3.05, 3.63) is 59.7 Å². The van der Waals surface area contributed by atoms with Crippen LogP contribution in [0, 0.1) is 0 Å². The molecule has 0 aromatic heterocycles. The van der Waals surface area contributed by atoms with Crippen molar-refractivity contribution in [1.82, 2.24) is 0 Å². The molecule has 0 N–H and O–H groups in total. The lowest BCUT2D eigenvalue weighted by molar-refractivity contribution is 0.0337. The second-order valence-electron chi connectivity index (χ2n) is 4.56. The standard InChI is InChI=1S/C17H18O4/c1-12(13-7-5-4-6-8-13)21-17(18)14-9-15(19-2)11-16(10-14)20-3/h4-12H,1-3H3. The van der Waals surface area contributed by atoms with Gasteiger partial charge in [-0.3, -0.25) is 0 Å². The Morgan fingerprint density at radius 3 is 2.05 bits per heavy atom. The maximum atomic E-state index is 12.2. The Balaban J connectivity index is 2.16. The summed E-state index contributed by atoms with van der Waals surface area (Å²) in [5, 5.41) is 0. The van der Waals surface area contributed by atoms with Crippen molar-refractivity contribution in [3.8, 4) is 11.5 Å². The van der Waals surface area contributed by atoms with Crippen LogP contribution >= 0.6 is 0 Å². The lowest BCUT2D eigenvalue weighted by atomic mass is 10.1. The van der Waals surface area contributed by atoms with Crippen LogP contribution in [-0.2, 0) is 4.74 Å². The van der Waals surface area contributed by atoms with Gasteiger partial charge in [-0.05, 0) is 24.6 Å². The van der Waals surface area contributed by atoms with Gasteiger partial charge in [0.1, 0.15) is 17.6 Å². The number of carbonyl (C=O) groups excluding carboxylic acids is 1. The van der Waals surface area contributed by atoms with Gasteiger partial charge in [0.2, 0.25) is 0 Å². The number of rotatable bonds is 5. The second-order valence-corrected chi connectivity index (χ2v) is 4.56. The summed E-state index contributed by atoms with van der Waals surface area (Å²) in [6, 6.07) is 14.5. The third-order valence-corrected chi connectivity index (χ3v) is 3.14. The zero-order chi connectivity index (χ0) is 15.2. The van der Waals surface area contributed by atoms with Crippen molar-refractivity contribution < 1.29 is 19.0 Å². The van der Waals surface area contributed by atoms with E-state index in [2.05, 4.69) is 0 Å². The van der Waals surface area contributed by atoms with Crippen LogP contribution in [0.3, 0.4) is 0 Å². The summed E-state index contributed by atoms with van der Waals surface area (Å²) < 4.78 is 15.8. The predicted octanol–water partition coefficient (Wildman–Crippen LogP) is 3.62. The van der Waals surface area contributed by atoms with Crippen molar-refractivity contribution in [2.24, 2.45) is 0 Å². The first-order valence-corrected chi connectivity index (χ1v) is 6.63. The van der Waals surface area contributed by atoms with Gasteiger partial charge in [-0.15, -0.1) is 0 Å². The average Bonchev–Trinajstić information content (AvgIpc) is 2.54. The van der Waals surface area contributed by atoms with E-state index in [0.29, 0.717) is 17.1 Å². The molecule has 2 aromatic carbocycles. The lowest BCUT2D eigenvalue weighted by Crippen LogP contribution is -2.09. The fourth-order valence-corrected chi connectivity index (χ4v) is 1.95. The second kappa shape index (κ2) is 6.79. The van der Waals surface area contributed by atoms with Gasteiger partial charge in [-0.1, -0.05) is 30.3 Å². The molecule has 0 heterocycles. The highest BCUT2D eigenvalue weighted by Crippen LogP contribution is 2.25. The van der Waals surface area contributed by atoms with E-state index in [9.17, 15) is 4.79 Å². The first-order valence-electron chi connectivity index (χ1n) is 6.63. The third kappa shape index (κ3) is 3.75. The Bertz CT molecular complexity index is 585. The Kier molecular flexibility index (Phi) is 4.82. The van der Waals surface area contributed by atoms with Crippen molar-refractivity contribution in [2.45, 2.75) is 13.0 Å². The molecule has 2 rings (SSSR count). The molecular weight excluding hydrogens is 268 g/mol. The maximum Gasteiger partial charge on any atom is 0.339 e. The Morgan fingerprint density at radius 2 is 1.52 bits per heavy atom. The summed E-state index contributed by atoms with van der Waals surface area (Å²) in [5.74, 6) is 0.686. The lowest BCUT2D eigenvalue weighted by Gasteiger charge is -2.14. The molecule has 0 spiro atoms. The van der Waals surface area contributed by atoms with E-state index in [0.717, 1.165) is 5.56 Å². The molecule has 0 aliphatic heterocycles. The number of ether oxygens (including phenoxy) is 3. The molecule has 21 heavy (non-hydrogen) atoms. The summed E-state index contributed by atoms with van der Waals surface area (Å²) in [5.41, 5.74) is 1.34. The zero-order valence-electron chi connectivity index (χ0n) is 12.3. The van der Waals surface area contributed by atoms with Crippen LogP contribution in [0.1, 0.15) is 28.9 Å². The topological polar surface area (TPSA) is 44.8 Å². The van der Waals surface area contributed by atoms with Gasteiger partial charge < -0.3 is 14.2 Å². The molecule has 4 heteroatoms. The fourth-order valence-electron chi connectivity index (χ4n) is 1.95. The van der Waals surface area contributed by atoms with E-state index in [1.165, 1.54) is 14.2 Å². The molecule has 0 aliphatic carbocycles. The molecule has 0 saturated heterocycles. The molecule has 0 aliphatic rings. The van der Waals surface area contributed by atoms with E-state index in [1.54, 1.807) is 18.2 Å².